The Morgan fingerprint density at radius 1 is 1.35 bits per heavy atom. The van der Waals surface area contributed by atoms with Crippen LogP contribution >= 0.6 is 11.8 Å². The number of aliphatic imine (C=N–C) groups is 1. The number of hydrogen-bond donors (Lipinski definition) is 1. The third kappa shape index (κ3) is 4.25. The van der Waals surface area contributed by atoms with Crippen LogP contribution in [0.2, 0.25) is 0 Å². The van der Waals surface area contributed by atoms with Crippen LogP contribution in [0.5, 0.6) is 5.75 Å². The van der Waals surface area contributed by atoms with Crippen molar-refractivity contribution in [1.29, 1.82) is 0 Å². The van der Waals surface area contributed by atoms with Gasteiger partial charge in [-0.25, -0.2) is 0 Å². The van der Waals surface area contributed by atoms with E-state index in [0.29, 0.717) is 16.6 Å². The van der Waals surface area contributed by atoms with Gasteiger partial charge in [-0.05, 0) is 26.0 Å². The van der Waals surface area contributed by atoms with Crippen molar-refractivity contribution in [1.82, 2.24) is 4.90 Å². The van der Waals surface area contributed by atoms with E-state index in [4.69, 9.17) is 4.74 Å². The molecular formula is C16H21N3O3S. The summed E-state index contributed by atoms with van der Waals surface area (Å²) in [5.41, 5.74) is 0.598. The predicted molar refractivity (Wildman–Crippen MR) is 93.0 cm³/mol. The maximum Gasteiger partial charge on any atom is 0.262 e. The number of methoxy groups -OCH3 is 1. The molecule has 1 aliphatic rings. The van der Waals surface area contributed by atoms with Gasteiger partial charge in [0.2, 0.25) is 5.91 Å². The predicted octanol–water partition coefficient (Wildman–Crippen LogP) is 2.36. The zero-order valence-electron chi connectivity index (χ0n) is 13.5. The molecule has 6 nitrogen and oxygen atoms in total. The van der Waals surface area contributed by atoms with Crippen LogP contribution in [0, 0.1) is 0 Å². The molecular weight excluding hydrogens is 314 g/mol. The number of ether oxygens (including phenoxy) is 1. The summed E-state index contributed by atoms with van der Waals surface area (Å²) in [4.78, 5) is 30.3. The first-order chi connectivity index (χ1) is 11.1. The SMILES string of the molecule is CCN(CC)C1=NC(=O)C(CC(=O)Nc2ccccc2OC)S1. The molecule has 124 valence electrons. The summed E-state index contributed by atoms with van der Waals surface area (Å²) in [5, 5.41) is 3.03. The third-order valence-corrected chi connectivity index (χ3v) is 4.73. The molecule has 1 heterocycles. The van der Waals surface area contributed by atoms with Crippen LogP contribution < -0.4 is 10.1 Å². The second-order valence-corrected chi connectivity index (χ2v) is 6.13. The van der Waals surface area contributed by atoms with E-state index in [1.807, 2.05) is 30.9 Å². The van der Waals surface area contributed by atoms with Gasteiger partial charge in [0.25, 0.3) is 5.91 Å². The van der Waals surface area contributed by atoms with E-state index in [-0.39, 0.29) is 18.2 Å². The summed E-state index contributed by atoms with van der Waals surface area (Å²) in [5.74, 6) is 0.120. The number of anilines is 1. The van der Waals surface area contributed by atoms with Crippen LogP contribution in [-0.2, 0) is 9.59 Å². The standard InChI is InChI=1S/C16H21N3O3S/c1-4-19(5-2)16-18-15(21)13(23-16)10-14(20)17-11-8-6-7-9-12(11)22-3/h6-9,13H,4-5,10H2,1-3H3,(H,17,20). The van der Waals surface area contributed by atoms with Gasteiger partial charge in [0.15, 0.2) is 5.17 Å². The highest BCUT2D eigenvalue weighted by atomic mass is 32.2. The Bertz CT molecular complexity index is 614. The quantitative estimate of drug-likeness (QED) is 0.864. The lowest BCUT2D eigenvalue weighted by molar-refractivity contribution is -0.121. The van der Waals surface area contributed by atoms with Crippen molar-refractivity contribution < 1.29 is 14.3 Å². The van der Waals surface area contributed by atoms with E-state index in [1.54, 1.807) is 19.2 Å². The summed E-state index contributed by atoms with van der Waals surface area (Å²) in [6.07, 6.45) is 0.0931. The first-order valence-electron chi connectivity index (χ1n) is 7.56. The molecule has 0 saturated carbocycles. The summed E-state index contributed by atoms with van der Waals surface area (Å²) in [6.45, 7) is 5.60. The van der Waals surface area contributed by atoms with Gasteiger partial charge in [0, 0.05) is 19.5 Å². The topological polar surface area (TPSA) is 71.0 Å². The number of nitrogens with zero attached hydrogens (tertiary/aromatic N) is 2. The first kappa shape index (κ1) is 17.3. The van der Waals surface area contributed by atoms with E-state index in [9.17, 15) is 9.59 Å². The number of carbonyl (C=O) groups excluding carboxylic acids is 2. The summed E-state index contributed by atoms with van der Waals surface area (Å²) < 4.78 is 5.20. The summed E-state index contributed by atoms with van der Waals surface area (Å²) >= 11 is 1.36. The number of thioether (sulfide) groups is 1. The molecule has 0 bridgehead atoms. The monoisotopic (exact) mass is 335 g/mol. The molecule has 1 aliphatic heterocycles. The van der Waals surface area contributed by atoms with Gasteiger partial charge in [-0.3, -0.25) is 9.59 Å². The Hall–Kier alpha value is -2.02. The van der Waals surface area contributed by atoms with Crippen molar-refractivity contribution >= 4 is 34.4 Å². The third-order valence-electron chi connectivity index (χ3n) is 3.51. The zero-order valence-corrected chi connectivity index (χ0v) is 14.4. The largest absolute Gasteiger partial charge is 0.495 e. The van der Waals surface area contributed by atoms with Gasteiger partial charge in [-0.15, -0.1) is 0 Å². The van der Waals surface area contributed by atoms with E-state index < -0.39 is 5.25 Å². The zero-order chi connectivity index (χ0) is 16.8. The molecule has 1 aromatic carbocycles. The highest BCUT2D eigenvalue weighted by molar-refractivity contribution is 8.15. The summed E-state index contributed by atoms with van der Waals surface area (Å²) in [7, 11) is 1.55. The fourth-order valence-electron chi connectivity index (χ4n) is 2.26. The Labute approximate surface area is 140 Å². The van der Waals surface area contributed by atoms with Gasteiger partial charge < -0.3 is 15.0 Å². The van der Waals surface area contributed by atoms with E-state index in [1.165, 1.54) is 11.8 Å². The van der Waals surface area contributed by atoms with Gasteiger partial charge in [-0.1, -0.05) is 23.9 Å². The second-order valence-electron chi connectivity index (χ2n) is 4.96. The molecule has 7 heteroatoms. The van der Waals surface area contributed by atoms with Crippen LogP contribution in [0.1, 0.15) is 20.3 Å². The van der Waals surface area contributed by atoms with Crippen LogP contribution in [0.15, 0.2) is 29.3 Å². The second kappa shape index (κ2) is 8.01. The number of amidine groups is 1. The number of benzene rings is 1. The summed E-state index contributed by atoms with van der Waals surface area (Å²) in [6, 6.07) is 7.18. The first-order valence-corrected chi connectivity index (χ1v) is 8.44. The van der Waals surface area contributed by atoms with E-state index in [2.05, 4.69) is 10.3 Å². The molecule has 2 rings (SSSR count). The molecule has 23 heavy (non-hydrogen) atoms. The molecule has 0 spiro atoms. The van der Waals surface area contributed by atoms with Gasteiger partial charge >= 0.3 is 0 Å². The molecule has 0 saturated heterocycles. The van der Waals surface area contributed by atoms with E-state index >= 15 is 0 Å². The van der Waals surface area contributed by atoms with Gasteiger partial charge in [0.1, 0.15) is 11.0 Å². The molecule has 2 amide bonds. The number of nitrogens with one attached hydrogen (secondary N) is 1. The number of para-hydroxylation sites is 2. The lowest BCUT2D eigenvalue weighted by Gasteiger charge is -2.19. The van der Waals surface area contributed by atoms with Crippen molar-refractivity contribution in [2.45, 2.75) is 25.5 Å². The lowest BCUT2D eigenvalue weighted by atomic mass is 10.2. The average molecular weight is 335 g/mol. The molecule has 1 unspecified atom stereocenters. The Balaban J connectivity index is 1.95. The Kier molecular flexibility index (Phi) is 6.04. The van der Waals surface area contributed by atoms with Crippen molar-refractivity contribution in [3.05, 3.63) is 24.3 Å². The molecule has 1 N–H and O–H groups in total. The van der Waals surface area contributed by atoms with Crippen molar-refractivity contribution in [2.24, 2.45) is 4.99 Å². The minimum absolute atomic E-state index is 0.0931. The van der Waals surface area contributed by atoms with Gasteiger partial charge in [0.05, 0.1) is 12.8 Å². The molecule has 1 aromatic rings. The average Bonchev–Trinajstić information content (AvgIpc) is 2.89. The van der Waals surface area contributed by atoms with Crippen LogP contribution in [0.25, 0.3) is 0 Å². The maximum absolute atomic E-state index is 12.2. The lowest BCUT2D eigenvalue weighted by Crippen LogP contribution is -2.27. The minimum Gasteiger partial charge on any atom is -0.495 e. The number of carbonyl (C=O) groups is 2. The number of hydrogen-bond acceptors (Lipinski definition) is 5. The number of rotatable bonds is 6. The van der Waals surface area contributed by atoms with Crippen LogP contribution in [0.4, 0.5) is 5.69 Å². The molecule has 0 aliphatic carbocycles. The highest BCUT2D eigenvalue weighted by Gasteiger charge is 2.32. The fourth-order valence-corrected chi connectivity index (χ4v) is 3.45. The molecule has 0 radical (unpaired) electrons. The van der Waals surface area contributed by atoms with Crippen molar-refractivity contribution in [3.63, 3.8) is 0 Å². The Morgan fingerprint density at radius 2 is 2.04 bits per heavy atom. The van der Waals surface area contributed by atoms with Crippen LogP contribution in [-0.4, -0.2) is 47.3 Å². The van der Waals surface area contributed by atoms with Crippen molar-refractivity contribution in [3.8, 4) is 5.75 Å². The molecule has 1 atom stereocenters. The van der Waals surface area contributed by atoms with Crippen molar-refractivity contribution in [2.75, 3.05) is 25.5 Å². The maximum atomic E-state index is 12.2. The fraction of sp³-hybridized carbons (Fsp3) is 0.438. The van der Waals surface area contributed by atoms with Gasteiger partial charge in [-0.2, -0.15) is 4.99 Å². The smallest absolute Gasteiger partial charge is 0.262 e. The Morgan fingerprint density at radius 3 is 2.70 bits per heavy atom. The molecule has 0 fully saturated rings. The van der Waals surface area contributed by atoms with E-state index in [0.717, 1.165) is 13.1 Å². The normalized spacial score (nSPS) is 16.9. The highest BCUT2D eigenvalue weighted by Crippen LogP contribution is 2.28. The van der Waals surface area contributed by atoms with Crippen LogP contribution in [0.3, 0.4) is 0 Å². The number of amides is 2. The minimum atomic E-state index is -0.458. The molecule has 0 aromatic heterocycles.